The second kappa shape index (κ2) is 10.1. The number of carboxylic acids is 1. The highest BCUT2D eigenvalue weighted by Gasteiger charge is 2.65. The number of hydrazine groups is 1. The van der Waals surface area contributed by atoms with Crippen LogP contribution < -0.4 is 22.6 Å². The summed E-state index contributed by atoms with van der Waals surface area (Å²) in [7, 11) is 0. The fraction of sp³-hybridized carbons (Fsp3) is 0.389. The van der Waals surface area contributed by atoms with E-state index >= 15 is 0 Å². The van der Waals surface area contributed by atoms with Crippen LogP contribution in [0.3, 0.4) is 0 Å². The number of amides is 2. The highest BCUT2D eigenvalue weighted by Crippen LogP contribution is 2.46. The Morgan fingerprint density at radius 2 is 2.22 bits per heavy atom. The van der Waals surface area contributed by atoms with E-state index in [4.69, 9.17) is 39.8 Å². The number of thiocarbonyl (C=S) groups is 1. The summed E-state index contributed by atoms with van der Waals surface area (Å²) >= 11 is 7.08. The van der Waals surface area contributed by atoms with Crippen molar-refractivity contribution in [2.75, 3.05) is 18.1 Å². The van der Waals surface area contributed by atoms with Gasteiger partial charge in [-0.05, 0) is 6.92 Å². The molecule has 1 fully saturated rings. The average Bonchev–Trinajstić information content (AvgIpc) is 3.29. The van der Waals surface area contributed by atoms with Crippen molar-refractivity contribution in [3.8, 4) is 0 Å². The number of carbonyl (C=O) groups excluding carboxylic acids is 2. The van der Waals surface area contributed by atoms with E-state index in [1.807, 2.05) is 0 Å². The zero-order valence-electron chi connectivity index (χ0n) is 19.1. The van der Waals surface area contributed by atoms with E-state index in [0.29, 0.717) is 0 Å². The number of carbonyl (C=O) groups is 3. The first-order valence-corrected chi connectivity index (χ1v) is 12.8. The third-order valence-electron chi connectivity index (χ3n) is 5.49. The lowest BCUT2D eigenvalue weighted by atomic mass is 9.87. The number of aliphatic imine (C=N–C) groups is 1. The minimum Gasteiger partial charge on any atom is -0.477 e. The van der Waals surface area contributed by atoms with Crippen molar-refractivity contribution in [2.45, 2.75) is 30.4 Å². The monoisotopic (exact) mass is 567 g/mol. The first-order valence-electron chi connectivity index (χ1n) is 10.5. The van der Waals surface area contributed by atoms with Crippen molar-refractivity contribution in [3.05, 3.63) is 17.1 Å². The Kier molecular flexibility index (Phi) is 7.24. The molecule has 2 amide bonds. The molecule has 2 unspecified atom stereocenters. The molecule has 1 aromatic heterocycles. The average molecular weight is 568 g/mol. The van der Waals surface area contributed by atoms with E-state index in [0.717, 1.165) is 38.6 Å². The normalized spacial score (nSPS) is 25.8. The molecule has 9 N–H and O–H groups in total. The van der Waals surface area contributed by atoms with Gasteiger partial charge in [0.25, 0.3) is 11.8 Å². The summed E-state index contributed by atoms with van der Waals surface area (Å²) in [4.78, 5) is 52.9. The number of oxime groups is 1. The molecule has 3 aliphatic heterocycles. The molecule has 16 nitrogen and oxygen atoms in total. The molecule has 0 spiro atoms. The molecule has 0 aliphatic carbocycles. The molecule has 3 atom stereocenters. The van der Waals surface area contributed by atoms with E-state index in [9.17, 15) is 19.5 Å². The van der Waals surface area contributed by atoms with Crippen LogP contribution in [-0.2, 0) is 19.2 Å². The Balaban J connectivity index is 1.69. The molecule has 37 heavy (non-hydrogen) atoms. The highest BCUT2D eigenvalue weighted by atomic mass is 32.2. The van der Waals surface area contributed by atoms with Crippen LogP contribution in [0.2, 0.25) is 0 Å². The molecule has 4 heterocycles. The summed E-state index contributed by atoms with van der Waals surface area (Å²) < 4.78 is 3.96. The topological polar surface area (TPSA) is 252 Å². The number of nitrogen functional groups attached to an aromatic ring is 1. The van der Waals surface area contributed by atoms with Gasteiger partial charge in [0.15, 0.2) is 16.5 Å². The molecular formula is C18H21N11O5S3. The van der Waals surface area contributed by atoms with Crippen LogP contribution in [0.4, 0.5) is 5.13 Å². The number of hydrogen-bond donors (Lipinski definition) is 6. The van der Waals surface area contributed by atoms with E-state index in [1.54, 1.807) is 6.92 Å². The Bertz CT molecular complexity index is 1290. The Morgan fingerprint density at radius 1 is 1.49 bits per heavy atom. The third kappa shape index (κ3) is 4.44. The summed E-state index contributed by atoms with van der Waals surface area (Å²) in [5.41, 5.74) is 9.17. The number of aliphatic carboxylic acids is 1. The van der Waals surface area contributed by atoms with Gasteiger partial charge >= 0.3 is 5.97 Å². The van der Waals surface area contributed by atoms with Crippen LogP contribution in [0.15, 0.2) is 21.4 Å². The van der Waals surface area contributed by atoms with Crippen molar-refractivity contribution in [3.63, 3.8) is 0 Å². The maximum Gasteiger partial charge on any atom is 0.353 e. The highest BCUT2D eigenvalue weighted by molar-refractivity contribution is 8.00. The lowest BCUT2D eigenvalue weighted by Gasteiger charge is -2.55. The predicted molar refractivity (Wildman–Crippen MR) is 139 cm³/mol. The number of aromatic nitrogens is 2. The van der Waals surface area contributed by atoms with Crippen molar-refractivity contribution in [2.24, 2.45) is 21.7 Å². The van der Waals surface area contributed by atoms with Gasteiger partial charge in [0.1, 0.15) is 29.7 Å². The van der Waals surface area contributed by atoms with Gasteiger partial charge in [0, 0.05) is 34.6 Å². The van der Waals surface area contributed by atoms with Crippen molar-refractivity contribution in [1.29, 1.82) is 5.41 Å². The number of carboxylic acid groups (broad SMARTS) is 1. The molecule has 3 aliphatic rings. The van der Waals surface area contributed by atoms with Gasteiger partial charge in [-0.15, -0.1) is 11.8 Å². The lowest BCUT2D eigenvalue weighted by Crippen LogP contribution is -2.81. The summed E-state index contributed by atoms with van der Waals surface area (Å²) in [5.74, 6) is 2.69. The summed E-state index contributed by atoms with van der Waals surface area (Å²) in [6, 6.07) is 0. The number of amidine groups is 2. The van der Waals surface area contributed by atoms with Gasteiger partial charge < -0.3 is 26.7 Å². The van der Waals surface area contributed by atoms with Crippen molar-refractivity contribution < 1.29 is 24.3 Å². The van der Waals surface area contributed by atoms with E-state index in [-0.39, 0.29) is 52.7 Å². The number of rotatable bonds is 8. The van der Waals surface area contributed by atoms with Crippen LogP contribution in [0, 0.1) is 5.41 Å². The van der Waals surface area contributed by atoms with Gasteiger partial charge in [-0.1, -0.05) is 17.4 Å². The summed E-state index contributed by atoms with van der Waals surface area (Å²) in [5, 5.41) is 25.5. The molecule has 0 bridgehead atoms. The minimum atomic E-state index is -1.75. The molecular weight excluding hydrogens is 546 g/mol. The first kappa shape index (κ1) is 26.5. The van der Waals surface area contributed by atoms with Gasteiger partial charge in [-0.3, -0.25) is 24.9 Å². The molecule has 1 saturated heterocycles. The quantitative estimate of drug-likeness (QED) is 0.0668. The van der Waals surface area contributed by atoms with Crippen LogP contribution in [-0.4, -0.2) is 94.3 Å². The summed E-state index contributed by atoms with van der Waals surface area (Å²) in [6.07, 6.45) is -0.729. The first-order chi connectivity index (χ1) is 17.5. The predicted octanol–water partition coefficient (Wildman–Crippen LogP) is -1.79. The number of thioether (sulfide) groups is 1. The van der Waals surface area contributed by atoms with Gasteiger partial charge in [-0.25, -0.2) is 15.6 Å². The maximum atomic E-state index is 13.4. The van der Waals surface area contributed by atoms with Crippen molar-refractivity contribution >= 4 is 81.2 Å². The minimum absolute atomic E-state index is 0.0213. The molecule has 0 aromatic carbocycles. The number of fused-ring (bicyclic) bond motifs is 1. The Hall–Kier alpha value is -3.52. The number of nitrogens with two attached hydrogens (primary N) is 3. The van der Waals surface area contributed by atoms with E-state index in [1.165, 1.54) is 0 Å². The van der Waals surface area contributed by atoms with Crippen LogP contribution >= 0.6 is 35.5 Å². The number of hydrogen-bond acceptors (Lipinski definition) is 15. The number of anilines is 1. The standard InChI is InChI=1S/C18H21N11O5S3/c1-2-34-26-9(11-24-17(21)37-27-11)13(30)25-18(5-35)15(33)28-10(14(31)32)6(4-36-16(18)28)12-23-7(19)3-8(20)29(12)22/h5,8,16,19H,2-4,20,22H2,1H3,(H,25,30)(H,31,32)(H2,21,24,27)/t8?,16-,18?/m0/s1. The molecule has 4 rings (SSSR count). The molecule has 0 radical (unpaired) electrons. The third-order valence-corrected chi connectivity index (χ3v) is 7.75. The lowest BCUT2D eigenvalue weighted by molar-refractivity contribution is -0.153. The fourth-order valence-corrected chi connectivity index (χ4v) is 6.05. The molecule has 0 saturated carbocycles. The zero-order chi connectivity index (χ0) is 27.1. The van der Waals surface area contributed by atoms with E-state index < -0.39 is 40.6 Å². The SMILES string of the molecule is CCON=C(C(=O)NC1(C=S)C(=O)N2C(C(=O)O)=C(C3=NC(=N)CC(N)N3N)CS[C@H]21)c1nsc(N)n1. The number of nitrogens with one attached hydrogen (secondary N) is 2. The zero-order valence-corrected chi connectivity index (χ0v) is 21.5. The van der Waals surface area contributed by atoms with E-state index in [2.05, 4.69) is 24.8 Å². The second-order valence-corrected chi connectivity index (χ2v) is 9.87. The largest absolute Gasteiger partial charge is 0.477 e. The Labute approximate surface area is 222 Å². The van der Waals surface area contributed by atoms with Gasteiger partial charge in [-0.2, -0.15) is 9.36 Å². The maximum absolute atomic E-state index is 13.4. The molecule has 196 valence electrons. The molecule has 19 heteroatoms. The number of β-lactam (4-membered cyclic amide) rings is 1. The van der Waals surface area contributed by atoms with Crippen molar-refractivity contribution in [1.82, 2.24) is 24.6 Å². The number of nitrogens with zero attached hydrogens (tertiary/aromatic N) is 6. The summed E-state index contributed by atoms with van der Waals surface area (Å²) in [6.45, 7) is 1.79. The molecule has 1 aromatic rings. The van der Waals surface area contributed by atoms with Crippen LogP contribution in [0.25, 0.3) is 0 Å². The van der Waals surface area contributed by atoms with Gasteiger partial charge in [0.2, 0.25) is 11.5 Å². The smallest absolute Gasteiger partial charge is 0.353 e. The van der Waals surface area contributed by atoms with Crippen LogP contribution in [0.1, 0.15) is 19.2 Å². The Morgan fingerprint density at radius 3 is 2.81 bits per heavy atom. The second-order valence-electron chi connectivity index (χ2n) is 7.79. The van der Waals surface area contributed by atoms with Crippen LogP contribution in [0.5, 0.6) is 0 Å². The van der Waals surface area contributed by atoms with Gasteiger partial charge in [0.05, 0.1) is 0 Å². The fourth-order valence-electron chi connectivity index (χ4n) is 3.81.